The second kappa shape index (κ2) is 11.5. The Labute approximate surface area is 207 Å². The highest BCUT2D eigenvalue weighted by atomic mass is 16.1. The van der Waals surface area contributed by atoms with Crippen LogP contribution in [0.2, 0.25) is 0 Å². The minimum atomic E-state index is -0.697. The van der Waals surface area contributed by atoms with Crippen LogP contribution < -0.4 is 5.32 Å². The fraction of sp³-hybridized carbons (Fsp3) is 0.300. The Hall–Kier alpha value is -3.93. The Morgan fingerprint density at radius 1 is 0.886 bits per heavy atom. The van der Waals surface area contributed by atoms with Crippen LogP contribution in [0.15, 0.2) is 84.9 Å². The zero-order valence-corrected chi connectivity index (χ0v) is 19.9. The van der Waals surface area contributed by atoms with Gasteiger partial charge in [0.1, 0.15) is 5.41 Å². The molecule has 4 rings (SSSR count). The van der Waals surface area contributed by atoms with Crippen LogP contribution in [0.5, 0.6) is 0 Å². The highest BCUT2D eigenvalue weighted by Crippen LogP contribution is 2.35. The van der Waals surface area contributed by atoms with Crippen molar-refractivity contribution in [3.05, 3.63) is 107 Å². The number of nitrogens with one attached hydrogen (secondary N) is 1. The Morgan fingerprint density at radius 2 is 1.46 bits per heavy atom. The van der Waals surface area contributed by atoms with Gasteiger partial charge in [-0.1, -0.05) is 72.8 Å². The maximum Gasteiger partial charge on any atom is 0.223 e. The molecule has 0 aliphatic carbocycles. The molecule has 0 atom stereocenters. The molecule has 0 unspecified atom stereocenters. The summed E-state index contributed by atoms with van der Waals surface area (Å²) < 4.78 is 0. The molecular weight excluding hydrogens is 432 g/mol. The summed E-state index contributed by atoms with van der Waals surface area (Å²) in [5, 5.41) is 22.3. The molecule has 1 aliphatic heterocycles. The molecule has 0 saturated carbocycles. The van der Waals surface area contributed by atoms with Crippen LogP contribution in [0.1, 0.15) is 41.5 Å². The standard InChI is InChI=1S/C30H30N4O/c31-21-24-11-13-25(14-12-24)22-33-29(35)26-15-18-34(19-16-26)20-17-30(23-32,27-7-3-1-4-8-27)28-9-5-2-6-10-28/h1-14,26H,15-20,22H2,(H,33,35). The first-order chi connectivity index (χ1) is 17.1. The van der Waals surface area contributed by atoms with Gasteiger partial charge in [-0.05, 0) is 61.2 Å². The number of rotatable bonds is 8. The number of nitriles is 2. The molecule has 35 heavy (non-hydrogen) atoms. The van der Waals surface area contributed by atoms with E-state index in [1.54, 1.807) is 12.1 Å². The number of amides is 1. The van der Waals surface area contributed by atoms with Crippen molar-refractivity contribution < 1.29 is 4.79 Å². The van der Waals surface area contributed by atoms with Gasteiger partial charge in [0.25, 0.3) is 0 Å². The van der Waals surface area contributed by atoms with Gasteiger partial charge < -0.3 is 10.2 Å². The smallest absolute Gasteiger partial charge is 0.223 e. The molecule has 5 heteroatoms. The molecule has 1 N–H and O–H groups in total. The van der Waals surface area contributed by atoms with E-state index in [0.717, 1.165) is 49.2 Å². The highest BCUT2D eigenvalue weighted by Gasteiger charge is 2.35. The second-order valence-electron chi connectivity index (χ2n) is 9.14. The monoisotopic (exact) mass is 462 g/mol. The number of hydrogen-bond acceptors (Lipinski definition) is 4. The van der Waals surface area contributed by atoms with Crippen LogP contribution in [0.4, 0.5) is 0 Å². The lowest BCUT2D eigenvalue weighted by Crippen LogP contribution is -2.42. The number of carbonyl (C=O) groups excluding carboxylic acids is 1. The number of carbonyl (C=O) groups is 1. The van der Waals surface area contributed by atoms with E-state index in [2.05, 4.69) is 22.4 Å². The van der Waals surface area contributed by atoms with Crippen molar-refractivity contribution in [2.45, 2.75) is 31.2 Å². The first-order valence-electron chi connectivity index (χ1n) is 12.2. The van der Waals surface area contributed by atoms with E-state index in [-0.39, 0.29) is 11.8 Å². The van der Waals surface area contributed by atoms with Crippen molar-refractivity contribution in [2.24, 2.45) is 5.92 Å². The van der Waals surface area contributed by atoms with Crippen LogP contribution in [0, 0.1) is 28.6 Å². The van der Waals surface area contributed by atoms with Gasteiger partial charge in [-0.2, -0.15) is 10.5 Å². The van der Waals surface area contributed by atoms with E-state index in [0.29, 0.717) is 18.5 Å². The van der Waals surface area contributed by atoms with Crippen LogP contribution >= 0.6 is 0 Å². The molecule has 0 spiro atoms. The summed E-state index contributed by atoms with van der Waals surface area (Å²) in [5.74, 6) is 0.0996. The zero-order chi connectivity index (χ0) is 24.5. The first kappa shape index (κ1) is 24.2. The van der Waals surface area contributed by atoms with Crippen molar-refractivity contribution in [1.82, 2.24) is 10.2 Å². The number of benzene rings is 3. The number of likely N-dealkylation sites (tertiary alicyclic amines) is 1. The van der Waals surface area contributed by atoms with Crippen LogP contribution in [-0.2, 0) is 16.8 Å². The lowest BCUT2D eigenvalue weighted by atomic mass is 9.73. The Kier molecular flexibility index (Phi) is 7.93. The maximum absolute atomic E-state index is 12.7. The van der Waals surface area contributed by atoms with E-state index in [1.165, 1.54) is 0 Å². The topological polar surface area (TPSA) is 79.9 Å². The molecule has 1 saturated heterocycles. The second-order valence-corrected chi connectivity index (χ2v) is 9.14. The van der Waals surface area contributed by atoms with Gasteiger partial charge in [-0.15, -0.1) is 0 Å². The summed E-state index contributed by atoms with van der Waals surface area (Å²) in [4.78, 5) is 15.1. The van der Waals surface area contributed by atoms with Crippen LogP contribution in [0.3, 0.4) is 0 Å². The highest BCUT2D eigenvalue weighted by molar-refractivity contribution is 5.78. The fourth-order valence-electron chi connectivity index (χ4n) is 4.86. The van der Waals surface area contributed by atoms with Gasteiger partial charge in [-0.25, -0.2) is 0 Å². The van der Waals surface area contributed by atoms with Gasteiger partial charge >= 0.3 is 0 Å². The summed E-state index contributed by atoms with van der Waals surface area (Å²) >= 11 is 0. The number of hydrogen-bond donors (Lipinski definition) is 1. The van der Waals surface area contributed by atoms with Gasteiger partial charge in [0.05, 0.1) is 17.7 Å². The summed E-state index contributed by atoms with van der Waals surface area (Å²) in [6.45, 7) is 2.97. The molecule has 1 aliphatic rings. The first-order valence-corrected chi connectivity index (χ1v) is 12.2. The fourth-order valence-corrected chi connectivity index (χ4v) is 4.86. The van der Waals surface area contributed by atoms with E-state index in [9.17, 15) is 10.1 Å². The summed E-state index contributed by atoms with van der Waals surface area (Å²) in [5.41, 5.74) is 2.95. The SMILES string of the molecule is N#Cc1ccc(CNC(=O)C2CCN(CCC(C#N)(c3ccccc3)c3ccccc3)CC2)cc1. The molecular formula is C30H30N4O. The Balaban J connectivity index is 1.33. The van der Waals surface area contributed by atoms with Crippen molar-refractivity contribution in [1.29, 1.82) is 10.5 Å². The predicted octanol–water partition coefficient (Wildman–Crippen LogP) is 4.79. The molecule has 1 fully saturated rings. The quantitative estimate of drug-likeness (QED) is 0.522. The predicted molar refractivity (Wildman–Crippen MR) is 136 cm³/mol. The lowest BCUT2D eigenvalue weighted by molar-refractivity contribution is -0.126. The van der Waals surface area contributed by atoms with Crippen LogP contribution in [0.25, 0.3) is 0 Å². The Morgan fingerprint density at radius 3 is 1.97 bits per heavy atom. The zero-order valence-electron chi connectivity index (χ0n) is 19.9. The maximum atomic E-state index is 12.7. The Bertz CT molecular complexity index is 1150. The summed E-state index contributed by atoms with van der Waals surface area (Å²) in [6.07, 6.45) is 2.33. The number of piperidine rings is 1. The van der Waals surface area contributed by atoms with Gasteiger partial charge in [0.15, 0.2) is 0 Å². The molecule has 5 nitrogen and oxygen atoms in total. The van der Waals surface area contributed by atoms with Crippen molar-refractivity contribution >= 4 is 5.91 Å². The van der Waals surface area contributed by atoms with E-state index < -0.39 is 5.41 Å². The lowest BCUT2D eigenvalue weighted by Gasteiger charge is -2.35. The molecule has 3 aromatic carbocycles. The van der Waals surface area contributed by atoms with E-state index >= 15 is 0 Å². The minimum absolute atomic E-state index is 0.00797. The third-order valence-corrected chi connectivity index (χ3v) is 7.04. The minimum Gasteiger partial charge on any atom is -0.352 e. The van der Waals surface area contributed by atoms with Crippen molar-refractivity contribution in [3.8, 4) is 12.1 Å². The molecule has 1 heterocycles. The normalized spacial score (nSPS) is 14.6. The van der Waals surface area contributed by atoms with Gasteiger partial charge in [0.2, 0.25) is 5.91 Å². The van der Waals surface area contributed by atoms with Gasteiger partial charge in [0, 0.05) is 19.0 Å². The summed E-state index contributed by atoms with van der Waals surface area (Å²) in [6, 6.07) is 32.1. The molecule has 0 bridgehead atoms. The van der Waals surface area contributed by atoms with Crippen molar-refractivity contribution in [2.75, 3.05) is 19.6 Å². The molecule has 3 aromatic rings. The average molecular weight is 463 g/mol. The van der Waals surface area contributed by atoms with Crippen LogP contribution in [-0.4, -0.2) is 30.4 Å². The molecule has 176 valence electrons. The third kappa shape index (κ3) is 5.77. The third-order valence-electron chi connectivity index (χ3n) is 7.04. The largest absolute Gasteiger partial charge is 0.352 e. The van der Waals surface area contributed by atoms with Gasteiger partial charge in [-0.3, -0.25) is 4.79 Å². The van der Waals surface area contributed by atoms with Crippen molar-refractivity contribution in [3.63, 3.8) is 0 Å². The van der Waals surface area contributed by atoms with E-state index in [1.807, 2.05) is 72.8 Å². The number of nitrogens with zero attached hydrogens (tertiary/aromatic N) is 3. The average Bonchev–Trinajstić information content (AvgIpc) is 2.94. The summed E-state index contributed by atoms with van der Waals surface area (Å²) in [7, 11) is 0. The molecule has 0 radical (unpaired) electrons. The molecule has 1 amide bonds. The van der Waals surface area contributed by atoms with E-state index in [4.69, 9.17) is 5.26 Å². The molecule has 0 aromatic heterocycles.